The molecule has 2 fully saturated rings. The van der Waals surface area contributed by atoms with Gasteiger partial charge in [0.05, 0.1) is 11.4 Å². The first-order valence-corrected chi connectivity index (χ1v) is 10.4. The molecule has 8 rings (SSSR count). The van der Waals surface area contributed by atoms with Crippen LogP contribution in [0.1, 0.15) is 74.9 Å². The number of pyridine rings is 2. The Labute approximate surface area is 156 Å². The molecule has 6 aliphatic rings. The molecule has 0 amide bonds. The van der Waals surface area contributed by atoms with E-state index < -0.39 is 0 Å². The summed E-state index contributed by atoms with van der Waals surface area (Å²) in [5.74, 6) is 3.05. The Morgan fingerprint density at radius 2 is 1.12 bits per heavy atom. The number of rotatable bonds is 1. The molecule has 4 bridgehead atoms. The summed E-state index contributed by atoms with van der Waals surface area (Å²) in [4.78, 5) is 10.2. The summed E-state index contributed by atoms with van der Waals surface area (Å²) in [6.07, 6.45) is 5.01. The van der Waals surface area contributed by atoms with E-state index >= 15 is 0 Å². The lowest BCUT2D eigenvalue weighted by molar-refractivity contribution is 0.0168. The zero-order chi connectivity index (χ0) is 17.8. The maximum Gasteiger partial charge on any atom is 0.0889 e. The molecule has 2 saturated carbocycles. The second kappa shape index (κ2) is 4.58. The first-order chi connectivity index (χ1) is 12.4. The van der Waals surface area contributed by atoms with Gasteiger partial charge in [0.25, 0.3) is 0 Å². The lowest BCUT2D eigenvalue weighted by atomic mass is 9.48. The second-order valence-corrected chi connectivity index (χ2v) is 10.5. The van der Waals surface area contributed by atoms with E-state index in [1.165, 1.54) is 35.4 Å². The minimum Gasteiger partial charge on any atom is -0.251 e. The highest BCUT2D eigenvalue weighted by Gasteiger charge is 2.53. The van der Waals surface area contributed by atoms with Gasteiger partial charge in [-0.15, -0.1) is 0 Å². The van der Waals surface area contributed by atoms with Gasteiger partial charge in [0.2, 0.25) is 0 Å². The topological polar surface area (TPSA) is 25.8 Å². The maximum atomic E-state index is 5.08. The monoisotopic (exact) mass is 344 g/mol. The van der Waals surface area contributed by atoms with Crippen LogP contribution in [0.5, 0.6) is 0 Å². The van der Waals surface area contributed by atoms with Crippen molar-refractivity contribution in [2.24, 2.45) is 22.7 Å². The van der Waals surface area contributed by atoms with Crippen molar-refractivity contribution in [1.82, 2.24) is 9.97 Å². The van der Waals surface area contributed by atoms with Crippen LogP contribution >= 0.6 is 0 Å². The van der Waals surface area contributed by atoms with Gasteiger partial charge >= 0.3 is 0 Å². The molecular formula is C24H28N2. The Balaban J connectivity index is 1.37. The van der Waals surface area contributed by atoms with Crippen molar-refractivity contribution in [3.63, 3.8) is 0 Å². The third kappa shape index (κ3) is 1.74. The van der Waals surface area contributed by atoms with Gasteiger partial charge in [0.1, 0.15) is 0 Å². The molecule has 2 heterocycles. The fourth-order valence-electron chi connectivity index (χ4n) is 6.52. The average molecular weight is 345 g/mol. The van der Waals surface area contributed by atoms with Crippen LogP contribution in [-0.4, -0.2) is 9.97 Å². The number of aromatic nitrogens is 2. The minimum absolute atomic E-state index is 0.466. The Hall–Kier alpha value is -1.70. The molecule has 0 radical (unpaired) electrons. The summed E-state index contributed by atoms with van der Waals surface area (Å²) < 4.78 is 0. The minimum atomic E-state index is 0.466. The summed E-state index contributed by atoms with van der Waals surface area (Å²) >= 11 is 0. The summed E-state index contributed by atoms with van der Waals surface area (Å²) in [6, 6.07) is 9.13. The molecule has 0 N–H and O–H groups in total. The first-order valence-electron chi connectivity index (χ1n) is 10.4. The van der Waals surface area contributed by atoms with Gasteiger partial charge in [-0.1, -0.05) is 39.8 Å². The van der Waals surface area contributed by atoms with E-state index in [-0.39, 0.29) is 0 Å². The van der Waals surface area contributed by atoms with Gasteiger partial charge in [-0.25, -0.2) is 0 Å². The normalized spacial score (nSPS) is 34.2. The molecule has 0 aromatic carbocycles. The Morgan fingerprint density at radius 1 is 0.692 bits per heavy atom. The van der Waals surface area contributed by atoms with Gasteiger partial charge in [-0.2, -0.15) is 0 Å². The summed E-state index contributed by atoms with van der Waals surface area (Å²) in [5.41, 5.74) is 8.76. The highest BCUT2D eigenvalue weighted by atomic mass is 14.8. The van der Waals surface area contributed by atoms with Crippen molar-refractivity contribution < 1.29 is 0 Å². The summed E-state index contributed by atoms with van der Waals surface area (Å²) in [7, 11) is 0. The number of hydrogen-bond donors (Lipinski definition) is 0. The SMILES string of the molecule is CC1(C)[C@H]2Cc3nc(-c4ccc5c(n4)C[C@H]4C[C@@H]5C4(C)C)ccc3[C@@H]1C2. The second-order valence-electron chi connectivity index (χ2n) is 10.5. The van der Waals surface area contributed by atoms with E-state index in [2.05, 4.69) is 52.0 Å². The van der Waals surface area contributed by atoms with Gasteiger partial charge in [-0.05, 0) is 83.4 Å². The van der Waals surface area contributed by atoms with Gasteiger partial charge in [0.15, 0.2) is 0 Å². The van der Waals surface area contributed by atoms with Crippen LogP contribution in [0, 0.1) is 22.7 Å². The zero-order valence-corrected chi connectivity index (χ0v) is 16.3. The van der Waals surface area contributed by atoms with Crippen LogP contribution in [0.4, 0.5) is 0 Å². The average Bonchev–Trinajstić information content (AvgIpc) is 2.65. The van der Waals surface area contributed by atoms with Crippen LogP contribution in [0.2, 0.25) is 0 Å². The zero-order valence-electron chi connectivity index (χ0n) is 16.3. The molecule has 0 unspecified atom stereocenters. The van der Waals surface area contributed by atoms with Gasteiger partial charge in [-0.3, -0.25) is 9.97 Å². The molecule has 2 aromatic heterocycles. The van der Waals surface area contributed by atoms with Gasteiger partial charge < -0.3 is 0 Å². The quantitative estimate of drug-likeness (QED) is 0.681. The molecule has 2 heteroatoms. The molecular weight excluding hydrogens is 316 g/mol. The third-order valence-electron chi connectivity index (χ3n) is 8.85. The molecule has 4 atom stereocenters. The third-order valence-corrected chi connectivity index (χ3v) is 8.85. The van der Waals surface area contributed by atoms with Crippen LogP contribution in [0.3, 0.4) is 0 Å². The van der Waals surface area contributed by atoms with Crippen molar-refractivity contribution in [2.45, 2.75) is 65.2 Å². The number of hydrogen-bond acceptors (Lipinski definition) is 2. The summed E-state index contributed by atoms with van der Waals surface area (Å²) in [6.45, 7) is 9.72. The molecule has 2 aromatic rings. The van der Waals surface area contributed by atoms with E-state index in [0.717, 1.165) is 36.1 Å². The Morgan fingerprint density at radius 3 is 1.50 bits per heavy atom. The van der Waals surface area contributed by atoms with Gasteiger partial charge in [0, 0.05) is 11.4 Å². The van der Waals surface area contributed by atoms with Crippen molar-refractivity contribution in [3.8, 4) is 11.4 Å². The molecule has 2 nitrogen and oxygen atoms in total. The predicted octanol–water partition coefficient (Wildman–Crippen LogP) is 5.52. The Bertz CT molecular complexity index is 862. The first kappa shape index (κ1) is 15.4. The Kier molecular flexibility index (Phi) is 2.71. The van der Waals surface area contributed by atoms with E-state index in [1.54, 1.807) is 0 Å². The predicted molar refractivity (Wildman–Crippen MR) is 104 cm³/mol. The van der Waals surface area contributed by atoms with E-state index in [1.807, 2.05) is 0 Å². The van der Waals surface area contributed by atoms with E-state index in [9.17, 15) is 0 Å². The lowest BCUT2D eigenvalue weighted by Crippen LogP contribution is -2.48. The maximum absolute atomic E-state index is 5.08. The van der Waals surface area contributed by atoms with Crippen molar-refractivity contribution in [2.75, 3.05) is 0 Å². The van der Waals surface area contributed by atoms with E-state index in [0.29, 0.717) is 22.7 Å². The van der Waals surface area contributed by atoms with Crippen LogP contribution in [-0.2, 0) is 12.8 Å². The highest BCUT2D eigenvalue weighted by molar-refractivity contribution is 5.58. The van der Waals surface area contributed by atoms with Crippen molar-refractivity contribution >= 4 is 0 Å². The number of nitrogens with zero attached hydrogens (tertiary/aromatic N) is 2. The lowest BCUT2D eigenvalue weighted by Gasteiger charge is -2.57. The molecule has 134 valence electrons. The molecule has 26 heavy (non-hydrogen) atoms. The fourth-order valence-corrected chi connectivity index (χ4v) is 6.52. The molecule has 0 saturated heterocycles. The van der Waals surface area contributed by atoms with Crippen LogP contribution < -0.4 is 0 Å². The van der Waals surface area contributed by atoms with Crippen molar-refractivity contribution in [1.29, 1.82) is 0 Å². The fraction of sp³-hybridized carbons (Fsp3) is 0.583. The highest BCUT2D eigenvalue weighted by Crippen LogP contribution is 2.63. The standard InChI is InChI=1S/C24H28N2/c1-23(2)13-9-17(23)15-5-7-19(25-21(15)11-13)20-8-6-16-18-10-14(24(18,3)4)12-22(16)26-20/h5-8,13-14,17-18H,9-12H2,1-4H3/t13-,14-,17+,18+/m1/s1. The van der Waals surface area contributed by atoms with Crippen LogP contribution in [0.25, 0.3) is 11.4 Å². The van der Waals surface area contributed by atoms with E-state index in [4.69, 9.17) is 9.97 Å². The molecule has 0 spiro atoms. The van der Waals surface area contributed by atoms with Crippen molar-refractivity contribution in [3.05, 3.63) is 46.8 Å². The summed E-state index contributed by atoms with van der Waals surface area (Å²) in [5, 5.41) is 0. The van der Waals surface area contributed by atoms with Crippen LogP contribution in [0.15, 0.2) is 24.3 Å². The smallest absolute Gasteiger partial charge is 0.0889 e. The molecule has 0 aliphatic heterocycles. The molecule has 6 aliphatic carbocycles. The largest absolute Gasteiger partial charge is 0.251 e.